The number of phenols is 1. The van der Waals surface area contributed by atoms with Crippen molar-refractivity contribution in [2.24, 2.45) is 0 Å². The Morgan fingerprint density at radius 3 is 2.24 bits per heavy atom. The van der Waals surface area contributed by atoms with Crippen LogP contribution in [-0.2, 0) is 21.1 Å². The van der Waals surface area contributed by atoms with Crippen LogP contribution in [0.1, 0.15) is 0 Å². The smallest absolute Gasteiger partial charge is 0.180 e. The number of para-hydroxylation sites is 3. The van der Waals surface area contributed by atoms with Crippen LogP contribution in [0.25, 0.3) is 83.7 Å². The second-order valence-corrected chi connectivity index (χ2v) is 10.9. The topological polar surface area (TPSA) is 89.9 Å². The summed E-state index contributed by atoms with van der Waals surface area (Å²) in [5, 5.41) is 13.9. The van der Waals surface area contributed by atoms with Gasteiger partial charge in [0.25, 0.3) is 0 Å². The maximum absolute atomic E-state index is 10.9. The Kier molecular flexibility index (Phi) is 6.70. The van der Waals surface area contributed by atoms with Gasteiger partial charge in [-0.15, -0.1) is 0 Å². The molecule has 9 rings (SSSR count). The van der Waals surface area contributed by atoms with Gasteiger partial charge in [0, 0.05) is 49.0 Å². The third-order valence-electron chi connectivity index (χ3n) is 8.19. The molecule has 0 saturated carbocycles. The van der Waals surface area contributed by atoms with Crippen molar-refractivity contribution in [1.82, 2.24) is 24.5 Å². The number of hydrogen-bond acceptors (Lipinski definition) is 6. The molecule has 46 heavy (non-hydrogen) atoms. The van der Waals surface area contributed by atoms with Gasteiger partial charge in [0.1, 0.15) is 39.7 Å². The number of furan rings is 1. The maximum atomic E-state index is 10.9. The molecule has 5 aromatic heterocycles. The van der Waals surface area contributed by atoms with Crippen molar-refractivity contribution in [3.8, 4) is 45.5 Å². The quantitative estimate of drug-likeness (QED) is 0.192. The van der Waals surface area contributed by atoms with Crippen molar-refractivity contribution >= 4 is 44.0 Å². The molecular formula is C38H23N5O2Pt. The molecule has 0 fully saturated rings. The van der Waals surface area contributed by atoms with Crippen LogP contribution in [0.5, 0.6) is 5.75 Å². The van der Waals surface area contributed by atoms with E-state index in [0.29, 0.717) is 45.3 Å². The second kappa shape index (κ2) is 11.1. The number of hydrogen-bond donors (Lipinski definition) is 1. The number of rotatable bonds is 4. The van der Waals surface area contributed by atoms with Crippen molar-refractivity contribution in [3.63, 3.8) is 0 Å². The van der Waals surface area contributed by atoms with E-state index in [4.69, 9.17) is 24.4 Å². The summed E-state index contributed by atoms with van der Waals surface area (Å²) in [5.41, 5.74) is 7.29. The van der Waals surface area contributed by atoms with E-state index in [2.05, 4.69) is 41.0 Å². The van der Waals surface area contributed by atoms with Gasteiger partial charge in [-0.1, -0.05) is 72.8 Å². The summed E-state index contributed by atoms with van der Waals surface area (Å²) in [6.07, 6.45) is 1.80. The predicted octanol–water partition coefficient (Wildman–Crippen LogP) is 8.97. The zero-order chi connectivity index (χ0) is 29.9. The van der Waals surface area contributed by atoms with E-state index in [-0.39, 0.29) is 26.8 Å². The van der Waals surface area contributed by atoms with E-state index in [0.717, 1.165) is 38.4 Å². The fraction of sp³-hybridized carbons (Fsp3) is 0. The predicted molar refractivity (Wildman–Crippen MR) is 177 cm³/mol. The van der Waals surface area contributed by atoms with Crippen molar-refractivity contribution < 1.29 is 30.6 Å². The number of phenolic OH excluding ortho intramolecular Hbond substituents is 1. The van der Waals surface area contributed by atoms with Crippen molar-refractivity contribution in [3.05, 3.63) is 134 Å². The summed E-state index contributed by atoms with van der Waals surface area (Å²) in [4.78, 5) is 20.1. The molecule has 8 heteroatoms. The van der Waals surface area contributed by atoms with Crippen LogP contribution in [-0.4, -0.2) is 29.6 Å². The Balaban J connectivity index is 0.00000312. The third kappa shape index (κ3) is 4.39. The van der Waals surface area contributed by atoms with Crippen LogP contribution in [0.4, 0.5) is 0 Å². The van der Waals surface area contributed by atoms with Gasteiger partial charge >= 0.3 is 0 Å². The molecule has 0 atom stereocenters. The average molecular weight is 777 g/mol. The van der Waals surface area contributed by atoms with Crippen LogP contribution < -0.4 is 0 Å². The molecule has 0 unspecified atom stereocenters. The Bertz CT molecular complexity index is 2520. The zero-order valence-corrected chi connectivity index (χ0v) is 26.4. The fourth-order valence-corrected chi connectivity index (χ4v) is 6.13. The minimum Gasteiger partial charge on any atom is -0.507 e. The van der Waals surface area contributed by atoms with Gasteiger partial charge in [-0.05, 0) is 65.7 Å². The number of pyridine rings is 2. The Morgan fingerprint density at radius 1 is 0.630 bits per heavy atom. The first-order chi connectivity index (χ1) is 22.2. The summed E-state index contributed by atoms with van der Waals surface area (Å²) in [6.45, 7) is 0. The van der Waals surface area contributed by atoms with Crippen molar-refractivity contribution in [1.29, 1.82) is 0 Å². The molecule has 0 aliphatic rings. The first kappa shape index (κ1) is 27.9. The molecule has 0 aliphatic heterocycles. The minimum absolute atomic E-state index is 0. The Morgan fingerprint density at radius 2 is 1.37 bits per heavy atom. The Hall–Kier alpha value is -5.65. The van der Waals surface area contributed by atoms with E-state index in [9.17, 15) is 5.11 Å². The van der Waals surface area contributed by atoms with E-state index < -0.39 is 0 Å². The Labute approximate surface area is 277 Å². The number of aromatic hydroxyl groups is 1. The molecule has 0 aliphatic carbocycles. The summed E-state index contributed by atoms with van der Waals surface area (Å²) in [6, 6.07) is 41.5. The molecule has 5 heterocycles. The van der Waals surface area contributed by atoms with E-state index in [1.54, 1.807) is 18.3 Å². The third-order valence-corrected chi connectivity index (χ3v) is 8.19. The molecule has 4 aromatic carbocycles. The number of fused-ring (bicyclic) bond motifs is 6. The van der Waals surface area contributed by atoms with Crippen molar-refractivity contribution in [2.45, 2.75) is 0 Å². The largest absolute Gasteiger partial charge is 0.507 e. The zero-order valence-electron chi connectivity index (χ0n) is 24.1. The standard InChI is InChI=1S/C38H23N5O2.Pt/c44-31-18-8-5-14-27(31)34-36-35(28-15-6-9-19-32(28)45-36)42-37(41-34)29-21-24(23-11-2-1-3-12-23)22-33(40-29)43-30-17-7-4-13-25(30)26-16-10-20-39-38(26)43;/h1-22,44H;. The minimum atomic E-state index is 0. The van der Waals surface area contributed by atoms with Crippen LogP contribution >= 0.6 is 0 Å². The summed E-state index contributed by atoms with van der Waals surface area (Å²) in [7, 11) is 0. The molecule has 222 valence electrons. The van der Waals surface area contributed by atoms with Gasteiger partial charge in [0.05, 0.1) is 5.52 Å². The van der Waals surface area contributed by atoms with Crippen molar-refractivity contribution in [2.75, 3.05) is 0 Å². The van der Waals surface area contributed by atoms with Gasteiger partial charge in [0.2, 0.25) is 0 Å². The summed E-state index contributed by atoms with van der Waals surface area (Å²) in [5.74, 6) is 1.22. The molecule has 0 amide bonds. The first-order valence-electron chi connectivity index (χ1n) is 14.6. The van der Waals surface area contributed by atoms with Gasteiger partial charge < -0.3 is 9.52 Å². The molecule has 7 nitrogen and oxygen atoms in total. The normalized spacial score (nSPS) is 11.4. The molecule has 0 spiro atoms. The number of benzene rings is 4. The SMILES string of the molecule is Oc1ccccc1-c1nc(-c2cc(-c3ccccc3)cc(-n3c4ccccc4c4cccnc43)n2)nc2c1oc1ccccc12.[Pt]. The molecule has 9 aromatic rings. The molecule has 0 saturated heterocycles. The van der Waals surface area contributed by atoms with Gasteiger partial charge in [-0.2, -0.15) is 0 Å². The number of aromatic nitrogens is 5. The maximum Gasteiger partial charge on any atom is 0.180 e. The van der Waals surface area contributed by atoms with Crippen LogP contribution in [0.2, 0.25) is 0 Å². The average Bonchev–Trinajstić information content (AvgIpc) is 3.64. The molecule has 0 bridgehead atoms. The summed E-state index contributed by atoms with van der Waals surface area (Å²) >= 11 is 0. The van der Waals surface area contributed by atoms with Crippen LogP contribution in [0.15, 0.2) is 138 Å². The number of nitrogens with zero attached hydrogens (tertiary/aromatic N) is 5. The van der Waals surface area contributed by atoms with Gasteiger partial charge in [-0.3, -0.25) is 4.57 Å². The van der Waals surface area contributed by atoms with E-state index in [1.165, 1.54) is 0 Å². The molecule has 0 radical (unpaired) electrons. The monoisotopic (exact) mass is 776 g/mol. The molecule has 1 N–H and O–H groups in total. The van der Waals surface area contributed by atoms with Gasteiger partial charge in [-0.25, -0.2) is 19.9 Å². The fourth-order valence-electron chi connectivity index (χ4n) is 6.13. The van der Waals surface area contributed by atoms with Gasteiger partial charge in [0.15, 0.2) is 11.4 Å². The summed E-state index contributed by atoms with van der Waals surface area (Å²) < 4.78 is 8.38. The van der Waals surface area contributed by atoms with E-state index in [1.807, 2.05) is 78.9 Å². The first-order valence-corrected chi connectivity index (χ1v) is 14.6. The molecular weight excluding hydrogens is 754 g/mol. The van der Waals surface area contributed by atoms with Crippen LogP contribution in [0.3, 0.4) is 0 Å². The van der Waals surface area contributed by atoms with E-state index >= 15 is 0 Å². The second-order valence-electron chi connectivity index (χ2n) is 10.9. The van der Waals surface area contributed by atoms with Crippen LogP contribution in [0, 0.1) is 0 Å².